The lowest BCUT2D eigenvalue weighted by Gasteiger charge is -2.19. The number of likely N-dealkylation sites (N-methyl/N-ethyl adjacent to an activating group) is 1. The maximum atomic E-state index is 12.1. The Balaban J connectivity index is 1.64. The quantitative estimate of drug-likeness (QED) is 0.543. The molecule has 2 N–H and O–H groups in total. The van der Waals surface area contributed by atoms with Crippen molar-refractivity contribution in [2.75, 3.05) is 31.6 Å². The molecule has 2 aromatic rings. The smallest absolute Gasteiger partial charge is 0.257 e. The number of rotatable bonds is 10. The van der Waals surface area contributed by atoms with Crippen molar-refractivity contribution in [2.45, 2.75) is 6.42 Å². The fraction of sp³-hybridized carbons (Fsp3) is 0.238. The topological polar surface area (TPSA) is 70.7 Å². The molecule has 9 heteroatoms. The van der Waals surface area contributed by atoms with Crippen molar-refractivity contribution in [3.63, 3.8) is 0 Å². The van der Waals surface area contributed by atoms with Crippen molar-refractivity contribution >= 4 is 52.3 Å². The van der Waals surface area contributed by atoms with E-state index in [2.05, 4.69) is 17.2 Å². The minimum Gasteiger partial charge on any atom is -0.484 e. The molecule has 0 bridgehead atoms. The Hall–Kier alpha value is -2.41. The highest BCUT2D eigenvalue weighted by Gasteiger charge is 2.09. The molecule has 0 fully saturated rings. The van der Waals surface area contributed by atoms with E-state index in [0.717, 1.165) is 5.69 Å². The minimum atomic E-state index is -0.303. The van der Waals surface area contributed by atoms with E-state index in [1.807, 2.05) is 12.1 Å². The van der Waals surface area contributed by atoms with Gasteiger partial charge in [0, 0.05) is 42.5 Å². The summed E-state index contributed by atoms with van der Waals surface area (Å²) in [6, 6.07) is 11.9. The van der Waals surface area contributed by atoms with Gasteiger partial charge in [-0.1, -0.05) is 41.4 Å². The number of nitrogens with one attached hydrogen (secondary N) is 2. The van der Waals surface area contributed by atoms with Gasteiger partial charge in [-0.25, -0.2) is 0 Å². The van der Waals surface area contributed by atoms with E-state index in [1.54, 1.807) is 36.2 Å². The van der Waals surface area contributed by atoms with E-state index in [-0.39, 0.29) is 25.0 Å². The van der Waals surface area contributed by atoms with Crippen LogP contribution in [-0.2, 0) is 9.59 Å². The molecular formula is C21H22Cl3N3O3. The van der Waals surface area contributed by atoms with Gasteiger partial charge in [0.15, 0.2) is 6.61 Å². The SMILES string of the molecule is C=C(CCNC(=O)COc1ccc(Cl)c(Cl)c1)NC(=O)CN(C)c1ccc(Cl)cc1. The summed E-state index contributed by atoms with van der Waals surface area (Å²) in [7, 11) is 1.81. The summed E-state index contributed by atoms with van der Waals surface area (Å²) in [6.07, 6.45) is 0.398. The second kappa shape index (κ2) is 11.7. The van der Waals surface area contributed by atoms with Crippen LogP contribution in [0.1, 0.15) is 6.42 Å². The molecule has 0 saturated heterocycles. The molecule has 30 heavy (non-hydrogen) atoms. The van der Waals surface area contributed by atoms with Crippen LogP contribution in [0.2, 0.25) is 15.1 Å². The number of hydrogen-bond acceptors (Lipinski definition) is 4. The maximum Gasteiger partial charge on any atom is 0.257 e. The van der Waals surface area contributed by atoms with Crippen molar-refractivity contribution in [2.24, 2.45) is 0 Å². The number of anilines is 1. The van der Waals surface area contributed by atoms with Gasteiger partial charge < -0.3 is 20.3 Å². The molecular weight excluding hydrogens is 449 g/mol. The van der Waals surface area contributed by atoms with E-state index in [0.29, 0.717) is 39.5 Å². The molecule has 160 valence electrons. The molecule has 2 rings (SSSR count). The summed E-state index contributed by atoms with van der Waals surface area (Å²) < 4.78 is 5.36. The molecule has 2 aromatic carbocycles. The Labute approximate surface area is 190 Å². The molecule has 0 spiro atoms. The van der Waals surface area contributed by atoms with Crippen LogP contribution in [0.4, 0.5) is 5.69 Å². The van der Waals surface area contributed by atoms with Crippen LogP contribution < -0.4 is 20.3 Å². The van der Waals surface area contributed by atoms with Crippen LogP contribution in [0.25, 0.3) is 0 Å². The number of hydrogen-bond donors (Lipinski definition) is 2. The standard InChI is InChI=1S/C21H22Cl3N3O3/c1-14(26-20(28)12-27(2)16-5-3-15(22)4-6-16)9-10-25-21(29)13-30-17-7-8-18(23)19(24)11-17/h3-8,11H,1,9-10,12-13H2,2H3,(H,25,29)(H,26,28). The molecule has 0 aliphatic rings. The molecule has 6 nitrogen and oxygen atoms in total. The van der Waals surface area contributed by atoms with Gasteiger partial charge in [-0.05, 0) is 36.4 Å². The fourth-order valence-corrected chi connectivity index (χ4v) is 2.83. The number of nitrogens with zero attached hydrogens (tertiary/aromatic N) is 1. The van der Waals surface area contributed by atoms with Gasteiger partial charge in [-0.2, -0.15) is 0 Å². The summed E-state index contributed by atoms with van der Waals surface area (Å²) in [5.41, 5.74) is 1.38. The average molecular weight is 471 g/mol. The lowest BCUT2D eigenvalue weighted by molar-refractivity contribution is -0.123. The number of halogens is 3. The monoisotopic (exact) mass is 469 g/mol. The zero-order valence-corrected chi connectivity index (χ0v) is 18.7. The van der Waals surface area contributed by atoms with E-state index in [4.69, 9.17) is 39.5 Å². The second-order valence-corrected chi connectivity index (χ2v) is 7.70. The van der Waals surface area contributed by atoms with Crippen LogP contribution in [0.15, 0.2) is 54.7 Å². The molecule has 2 amide bonds. The predicted octanol–water partition coefficient (Wildman–Crippen LogP) is 4.30. The van der Waals surface area contributed by atoms with E-state index >= 15 is 0 Å². The molecule has 0 unspecified atom stereocenters. The van der Waals surface area contributed by atoms with Gasteiger partial charge in [-0.3, -0.25) is 9.59 Å². The minimum absolute atomic E-state index is 0.157. The first kappa shape index (κ1) is 23.9. The third-order valence-corrected chi connectivity index (χ3v) is 4.97. The zero-order chi connectivity index (χ0) is 22.1. The summed E-state index contributed by atoms with van der Waals surface area (Å²) >= 11 is 17.6. The van der Waals surface area contributed by atoms with Crippen LogP contribution in [0.5, 0.6) is 5.75 Å². The van der Waals surface area contributed by atoms with Gasteiger partial charge in [-0.15, -0.1) is 0 Å². The van der Waals surface area contributed by atoms with Crippen LogP contribution >= 0.6 is 34.8 Å². The van der Waals surface area contributed by atoms with Crippen molar-refractivity contribution in [3.8, 4) is 5.75 Å². The third kappa shape index (κ3) is 8.14. The summed E-state index contributed by atoms with van der Waals surface area (Å²) in [4.78, 5) is 25.8. The first-order chi connectivity index (χ1) is 14.2. The van der Waals surface area contributed by atoms with Gasteiger partial charge in [0.2, 0.25) is 5.91 Å². The van der Waals surface area contributed by atoms with Gasteiger partial charge in [0.1, 0.15) is 5.75 Å². The summed E-state index contributed by atoms with van der Waals surface area (Å²) in [6.45, 7) is 4.13. The highest BCUT2D eigenvalue weighted by atomic mass is 35.5. The Morgan fingerprint density at radius 1 is 1.03 bits per heavy atom. The van der Waals surface area contributed by atoms with E-state index in [9.17, 15) is 9.59 Å². The second-order valence-electron chi connectivity index (χ2n) is 6.45. The zero-order valence-electron chi connectivity index (χ0n) is 16.4. The number of ether oxygens (including phenoxy) is 1. The molecule has 0 aliphatic carbocycles. The first-order valence-corrected chi connectivity index (χ1v) is 10.2. The van der Waals surface area contributed by atoms with Crippen molar-refractivity contribution < 1.29 is 14.3 Å². The molecule has 0 saturated carbocycles. The number of carbonyl (C=O) groups is 2. The Bertz CT molecular complexity index is 904. The van der Waals surface area contributed by atoms with Crippen molar-refractivity contribution in [3.05, 3.63) is 69.8 Å². The van der Waals surface area contributed by atoms with E-state index in [1.165, 1.54) is 6.07 Å². The summed E-state index contributed by atoms with van der Waals surface area (Å²) in [5.74, 6) is -0.0598. The molecule has 0 atom stereocenters. The lowest BCUT2D eigenvalue weighted by atomic mass is 10.3. The van der Waals surface area contributed by atoms with Gasteiger partial charge in [0.05, 0.1) is 16.6 Å². The largest absolute Gasteiger partial charge is 0.484 e. The van der Waals surface area contributed by atoms with Crippen molar-refractivity contribution in [1.29, 1.82) is 0 Å². The van der Waals surface area contributed by atoms with Crippen LogP contribution in [0.3, 0.4) is 0 Å². The summed E-state index contributed by atoms with van der Waals surface area (Å²) in [5, 5.41) is 6.82. The Morgan fingerprint density at radius 2 is 1.73 bits per heavy atom. The maximum absolute atomic E-state index is 12.1. The third-order valence-electron chi connectivity index (χ3n) is 3.97. The van der Waals surface area contributed by atoms with Crippen LogP contribution in [0, 0.1) is 0 Å². The van der Waals surface area contributed by atoms with Gasteiger partial charge >= 0.3 is 0 Å². The Morgan fingerprint density at radius 3 is 2.40 bits per heavy atom. The lowest BCUT2D eigenvalue weighted by Crippen LogP contribution is -2.36. The number of carbonyl (C=O) groups excluding carboxylic acids is 2. The first-order valence-electron chi connectivity index (χ1n) is 9.03. The Kier molecular flexibility index (Phi) is 9.30. The number of amides is 2. The molecule has 0 heterocycles. The fourth-order valence-electron chi connectivity index (χ4n) is 2.42. The highest BCUT2D eigenvalue weighted by molar-refractivity contribution is 6.42. The normalized spacial score (nSPS) is 10.3. The molecule has 0 aliphatic heterocycles. The predicted molar refractivity (Wildman–Crippen MR) is 122 cm³/mol. The molecule has 0 aromatic heterocycles. The van der Waals surface area contributed by atoms with E-state index < -0.39 is 0 Å². The highest BCUT2D eigenvalue weighted by Crippen LogP contribution is 2.26. The average Bonchev–Trinajstić information content (AvgIpc) is 2.69. The molecule has 0 radical (unpaired) electrons. The van der Waals surface area contributed by atoms with Crippen LogP contribution in [-0.4, -0.2) is 38.6 Å². The van der Waals surface area contributed by atoms with Gasteiger partial charge in [0.25, 0.3) is 5.91 Å². The van der Waals surface area contributed by atoms with Crippen molar-refractivity contribution in [1.82, 2.24) is 10.6 Å². The number of benzene rings is 2.